The number of carbonyl (C=O) groups excluding carboxylic acids is 1. The minimum Gasteiger partial charge on any atom is -0.352 e. The summed E-state index contributed by atoms with van der Waals surface area (Å²) in [6.45, 7) is 8.24. The third-order valence-electron chi connectivity index (χ3n) is 6.07. The number of amides is 1. The van der Waals surface area contributed by atoms with Crippen LogP contribution >= 0.6 is 23.5 Å². The van der Waals surface area contributed by atoms with Crippen molar-refractivity contribution in [3.63, 3.8) is 0 Å². The van der Waals surface area contributed by atoms with Gasteiger partial charge in [0.2, 0.25) is 5.91 Å². The van der Waals surface area contributed by atoms with E-state index < -0.39 is 0 Å². The lowest BCUT2D eigenvalue weighted by Crippen LogP contribution is -2.41. The molecule has 7 nitrogen and oxygen atoms in total. The average molecular weight is 497 g/mol. The summed E-state index contributed by atoms with van der Waals surface area (Å²) >= 11 is 2.97. The minimum absolute atomic E-state index is 0.0572. The van der Waals surface area contributed by atoms with Gasteiger partial charge in [-0.15, -0.1) is 10.2 Å². The zero-order chi connectivity index (χ0) is 24.1. The molecular formula is C25H32N6OS2. The number of nitrogens with zero attached hydrogens (tertiary/aromatic N) is 5. The summed E-state index contributed by atoms with van der Waals surface area (Å²) in [5.74, 6) is 2.30. The first kappa shape index (κ1) is 24.7. The molecule has 3 aromatic rings. The van der Waals surface area contributed by atoms with Gasteiger partial charge in [0, 0.05) is 23.1 Å². The van der Waals surface area contributed by atoms with E-state index in [0.29, 0.717) is 22.6 Å². The third kappa shape index (κ3) is 6.39. The number of aromatic nitrogens is 5. The van der Waals surface area contributed by atoms with Gasteiger partial charge in [-0.3, -0.25) is 9.36 Å². The van der Waals surface area contributed by atoms with Crippen molar-refractivity contribution in [2.24, 2.45) is 5.92 Å². The molecule has 0 radical (unpaired) electrons. The summed E-state index contributed by atoms with van der Waals surface area (Å²) in [5, 5.41) is 13.6. The lowest BCUT2D eigenvalue weighted by molar-refractivity contribution is -0.119. The van der Waals surface area contributed by atoms with E-state index in [4.69, 9.17) is 0 Å². The first-order chi connectivity index (χ1) is 16.4. The molecule has 1 N–H and O–H groups in total. The highest BCUT2D eigenvalue weighted by molar-refractivity contribution is 7.99. The number of rotatable bonds is 8. The summed E-state index contributed by atoms with van der Waals surface area (Å²) in [5.41, 5.74) is 4.07. The normalized spacial score (nSPS) is 18.1. The van der Waals surface area contributed by atoms with Crippen molar-refractivity contribution in [1.82, 2.24) is 30.0 Å². The maximum absolute atomic E-state index is 12.7. The summed E-state index contributed by atoms with van der Waals surface area (Å²) in [6.07, 6.45) is 4.70. The molecule has 0 spiro atoms. The molecule has 0 aliphatic heterocycles. The van der Waals surface area contributed by atoms with E-state index in [1.807, 2.05) is 24.5 Å². The maximum atomic E-state index is 12.7. The van der Waals surface area contributed by atoms with Crippen molar-refractivity contribution in [2.75, 3.05) is 5.75 Å². The number of hydrogen-bond donors (Lipinski definition) is 1. The van der Waals surface area contributed by atoms with E-state index in [-0.39, 0.29) is 11.9 Å². The van der Waals surface area contributed by atoms with Crippen LogP contribution < -0.4 is 5.32 Å². The van der Waals surface area contributed by atoms with Crippen LogP contribution in [0.15, 0.2) is 40.6 Å². The third-order valence-corrected chi connectivity index (χ3v) is 7.85. The fraction of sp³-hybridized carbons (Fsp3) is 0.480. The van der Waals surface area contributed by atoms with E-state index in [2.05, 4.69) is 63.6 Å². The molecule has 1 aliphatic carbocycles. The highest BCUT2D eigenvalue weighted by Gasteiger charge is 2.23. The van der Waals surface area contributed by atoms with Crippen LogP contribution in [0.3, 0.4) is 0 Å². The highest BCUT2D eigenvalue weighted by Crippen LogP contribution is 2.27. The molecule has 0 saturated heterocycles. The Hall–Kier alpha value is -2.39. The Morgan fingerprint density at radius 2 is 1.74 bits per heavy atom. The molecule has 1 aliphatic rings. The lowest BCUT2D eigenvalue weighted by Gasteiger charge is -2.29. The lowest BCUT2D eigenvalue weighted by atomic mass is 9.86. The predicted octanol–water partition coefficient (Wildman–Crippen LogP) is 5.06. The molecule has 180 valence electrons. The Kier molecular flexibility index (Phi) is 8.26. The molecule has 9 heteroatoms. The summed E-state index contributed by atoms with van der Waals surface area (Å²) < 4.78 is 2.04. The van der Waals surface area contributed by atoms with E-state index in [1.54, 1.807) is 11.8 Å². The Labute approximate surface area is 210 Å². The van der Waals surface area contributed by atoms with Crippen molar-refractivity contribution in [3.05, 3.63) is 53.1 Å². The van der Waals surface area contributed by atoms with Gasteiger partial charge in [-0.25, -0.2) is 9.97 Å². The van der Waals surface area contributed by atoms with E-state index in [1.165, 1.54) is 36.6 Å². The van der Waals surface area contributed by atoms with Gasteiger partial charge in [0.15, 0.2) is 10.3 Å². The topological polar surface area (TPSA) is 85.6 Å². The molecule has 4 rings (SSSR count). The molecule has 2 aromatic heterocycles. The van der Waals surface area contributed by atoms with Gasteiger partial charge in [-0.05, 0) is 57.7 Å². The predicted molar refractivity (Wildman–Crippen MR) is 137 cm³/mol. The minimum atomic E-state index is 0.0572. The van der Waals surface area contributed by atoms with Gasteiger partial charge < -0.3 is 5.32 Å². The van der Waals surface area contributed by atoms with E-state index >= 15 is 0 Å². The molecule has 1 fully saturated rings. The number of hydrogen-bond acceptors (Lipinski definition) is 7. The van der Waals surface area contributed by atoms with Gasteiger partial charge in [-0.1, -0.05) is 61.0 Å². The first-order valence-corrected chi connectivity index (χ1v) is 13.7. The van der Waals surface area contributed by atoms with Gasteiger partial charge >= 0.3 is 0 Å². The smallest absolute Gasteiger partial charge is 0.230 e. The van der Waals surface area contributed by atoms with Crippen LogP contribution in [0.4, 0.5) is 0 Å². The molecule has 0 unspecified atom stereocenters. The van der Waals surface area contributed by atoms with Crippen LogP contribution in [0.5, 0.6) is 0 Å². The average Bonchev–Trinajstić information content (AvgIpc) is 3.20. The SMILES string of the molecule is Cc1ccc(-n2c(CSc3nc(C)cc(C)n3)nnc2SCC(=O)N[C@H]2CCCC[C@@H]2C)cc1. The Balaban J connectivity index is 1.49. The van der Waals surface area contributed by atoms with Crippen molar-refractivity contribution < 1.29 is 4.79 Å². The molecule has 0 bridgehead atoms. The number of thioether (sulfide) groups is 2. The van der Waals surface area contributed by atoms with Crippen LogP contribution in [0.25, 0.3) is 5.69 Å². The zero-order valence-electron chi connectivity index (χ0n) is 20.2. The van der Waals surface area contributed by atoms with Crippen LogP contribution in [0, 0.1) is 26.7 Å². The fourth-order valence-corrected chi connectivity index (χ4v) is 5.88. The first-order valence-electron chi connectivity index (χ1n) is 11.8. The molecule has 1 amide bonds. The Bertz CT molecular complexity index is 1110. The van der Waals surface area contributed by atoms with E-state index in [0.717, 1.165) is 34.5 Å². The van der Waals surface area contributed by atoms with Gasteiger partial charge in [0.25, 0.3) is 0 Å². The molecular weight excluding hydrogens is 464 g/mol. The van der Waals surface area contributed by atoms with E-state index in [9.17, 15) is 4.79 Å². The number of aryl methyl sites for hydroxylation is 3. The van der Waals surface area contributed by atoms with Crippen molar-refractivity contribution in [1.29, 1.82) is 0 Å². The van der Waals surface area contributed by atoms with Gasteiger partial charge in [0.1, 0.15) is 5.82 Å². The van der Waals surface area contributed by atoms with Crippen LogP contribution in [-0.2, 0) is 10.5 Å². The summed E-state index contributed by atoms with van der Waals surface area (Å²) in [4.78, 5) is 21.7. The van der Waals surface area contributed by atoms with Crippen LogP contribution in [-0.4, -0.2) is 42.4 Å². The second-order valence-corrected chi connectivity index (χ2v) is 10.9. The van der Waals surface area contributed by atoms with Crippen LogP contribution in [0.2, 0.25) is 0 Å². The highest BCUT2D eigenvalue weighted by atomic mass is 32.2. The summed E-state index contributed by atoms with van der Waals surface area (Å²) in [7, 11) is 0. The summed E-state index contributed by atoms with van der Waals surface area (Å²) in [6, 6.07) is 10.5. The molecule has 2 atom stereocenters. The Morgan fingerprint density at radius 3 is 2.44 bits per heavy atom. The number of benzene rings is 1. The molecule has 1 saturated carbocycles. The standard InChI is InChI=1S/C25H32N6OS2/c1-16-9-11-20(12-10-16)31-22(14-33-24-26-18(3)13-19(4)27-24)29-30-25(31)34-15-23(32)28-21-8-6-5-7-17(21)2/h9-13,17,21H,5-8,14-15H2,1-4H3,(H,28,32)/t17-,21-/m0/s1. The molecule has 2 heterocycles. The number of nitrogens with one attached hydrogen (secondary N) is 1. The zero-order valence-corrected chi connectivity index (χ0v) is 21.9. The van der Waals surface area contributed by atoms with Crippen molar-refractivity contribution in [2.45, 2.75) is 75.5 Å². The fourth-order valence-electron chi connectivity index (χ4n) is 4.24. The number of carbonyl (C=O) groups is 1. The van der Waals surface area contributed by atoms with Gasteiger partial charge in [0.05, 0.1) is 11.5 Å². The van der Waals surface area contributed by atoms with Crippen molar-refractivity contribution in [3.8, 4) is 5.69 Å². The molecule has 1 aromatic carbocycles. The molecule has 34 heavy (non-hydrogen) atoms. The Morgan fingerprint density at radius 1 is 1.03 bits per heavy atom. The second-order valence-electron chi connectivity index (χ2n) is 9.02. The van der Waals surface area contributed by atoms with Crippen molar-refractivity contribution >= 4 is 29.4 Å². The van der Waals surface area contributed by atoms with Crippen LogP contribution in [0.1, 0.15) is 55.4 Å². The maximum Gasteiger partial charge on any atom is 0.230 e. The second kappa shape index (κ2) is 11.4. The largest absolute Gasteiger partial charge is 0.352 e. The quantitative estimate of drug-likeness (QED) is 0.344. The van der Waals surface area contributed by atoms with Gasteiger partial charge in [-0.2, -0.15) is 0 Å². The monoisotopic (exact) mass is 496 g/mol.